The molecule has 4 nitrogen and oxygen atoms in total. The molecule has 0 atom stereocenters. The summed E-state index contributed by atoms with van der Waals surface area (Å²) in [5.74, 6) is -0.404. The molecule has 0 N–H and O–H groups in total. The van der Waals surface area contributed by atoms with Gasteiger partial charge in [-0.25, -0.2) is 9.78 Å². The van der Waals surface area contributed by atoms with Gasteiger partial charge in [-0.3, -0.25) is 0 Å². The van der Waals surface area contributed by atoms with E-state index in [1.807, 2.05) is 0 Å². The van der Waals surface area contributed by atoms with E-state index in [-0.39, 0.29) is 16.6 Å². The van der Waals surface area contributed by atoms with E-state index in [1.54, 1.807) is 0 Å². The van der Waals surface area contributed by atoms with Gasteiger partial charge in [-0.1, -0.05) is 12.1 Å². The van der Waals surface area contributed by atoms with E-state index in [0.717, 1.165) is 6.07 Å². The first-order valence-corrected chi connectivity index (χ1v) is 5.89. The monoisotopic (exact) mass is 292 g/mol. The summed E-state index contributed by atoms with van der Waals surface area (Å²) in [4.78, 5) is 19.6. The molecule has 106 valence electrons. The molecule has 2 heterocycles. The lowest BCUT2D eigenvalue weighted by Gasteiger charge is -2.11. The Morgan fingerprint density at radius 3 is 2.57 bits per heavy atom. The fraction of sp³-hybridized carbons (Fsp3) is 0.0714. The smallest absolute Gasteiger partial charge is 0.403 e. The quantitative estimate of drug-likeness (QED) is 0.690. The van der Waals surface area contributed by atoms with Crippen molar-refractivity contribution < 1.29 is 17.6 Å². The van der Waals surface area contributed by atoms with Crippen molar-refractivity contribution in [2.45, 2.75) is 6.18 Å². The van der Waals surface area contributed by atoms with E-state index >= 15 is 0 Å². The predicted octanol–water partition coefficient (Wildman–Crippen LogP) is 3.27. The standard InChI is InChI=1S/C14H7F3N2O2/c15-14(16,17)10-6-2-1-4-8(10)12-19-11-9(13(20)21-12)5-3-7-18-11/h1-7H. The SMILES string of the molecule is O=c1oc(-c2ccccc2C(F)(F)F)nc2ncccc12. The Balaban J connectivity index is 2.29. The lowest BCUT2D eigenvalue weighted by atomic mass is 10.1. The number of rotatable bonds is 1. The van der Waals surface area contributed by atoms with Gasteiger partial charge >= 0.3 is 11.8 Å². The largest absolute Gasteiger partial charge is 0.417 e. The summed E-state index contributed by atoms with van der Waals surface area (Å²) in [6.07, 6.45) is -3.18. The van der Waals surface area contributed by atoms with E-state index < -0.39 is 23.3 Å². The lowest BCUT2D eigenvalue weighted by molar-refractivity contribution is -0.137. The molecule has 21 heavy (non-hydrogen) atoms. The Labute approximate surface area is 115 Å². The van der Waals surface area contributed by atoms with Crippen LogP contribution in [-0.2, 0) is 6.18 Å². The molecule has 7 heteroatoms. The highest BCUT2D eigenvalue weighted by Crippen LogP contribution is 2.36. The van der Waals surface area contributed by atoms with Gasteiger partial charge < -0.3 is 4.42 Å². The van der Waals surface area contributed by atoms with Crippen molar-refractivity contribution in [3.8, 4) is 11.5 Å². The first kappa shape index (κ1) is 13.3. The minimum atomic E-state index is -4.57. The first-order chi connectivity index (χ1) is 9.97. The summed E-state index contributed by atoms with van der Waals surface area (Å²) in [5, 5.41) is 0.116. The van der Waals surface area contributed by atoms with E-state index in [9.17, 15) is 18.0 Å². The summed E-state index contributed by atoms with van der Waals surface area (Å²) in [5.41, 5.74) is -1.95. The maximum absolute atomic E-state index is 13.0. The normalized spacial score (nSPS) is 11.8. The molecular weight excluding hydrogens is 285 g/mol. The fourth-order valence-corrected chi connectivity index (χ4v) is 1.94. The van der Waals surface area contributed by atoms with Gasteiger partial charge in [0.05, 0.1) is 5.56 Å². The van der Waals surface area contributed by atoms with Crippen LogP contribution in [0.5, 0.6) is 0 Å². The number of nitrogens with zero attached hydrogens (tertiary/aromatic N) is 2. The van der Waals surface area contributed by atoms with Crippen molar-refractivity contribution in [2.75, 3.05) is 0 Å². The molecule has 0 unspecified atom stereocenters. The highest BCUT2D eigenvalue weighted by atomic mass is 19.4. The Morgan fingerprint density at radius 1 is 1.05 bits per heavy atom. The molecule has 2 aromatic heterocycles. The van der Waals surface area contributed by atoms with Crippen LogP contribution in [0.1, 0.15) is 5.56 Å². The zero-order valence-corrected chi connectivity index (χ0v) is 10.4. The van der Waals surface area contributed by atoms with Crippen LogP contribution in [-0.4, -0.2) is 9.97 Å². The number of halogens is 3. The second-order valence-electron chi connectivity index (χ2n) is 4.22. The van der Waals surface area contributed by atoms with Crippen LogP contribution < -0.4 is 5.63 Å². The molecule has 3 aromatic rings. The minimum absolute atomic E-state index is 0.0423. The summed E-state index contributed by atoms with van der Waals surface area (Å²) in [6.45, 7) is 0. The van der Waals surface area contributed by atoms with Crippen LogP contribution in [0.3, 0.4) is 0 Å². The summed E-state index contributed by atoms with van der Waals surface area (Å²) < 4.78 is 43.9. The van der Waals surface area contributed by atoms with Crippen LogP contribution >= 0.6 is 0 Å². The topological polar surface area (TPSA) is 56.0 Å². The van der Waals surface area contributed by atoms with Crippen LogP contribution in [0.2, 0.25) is 0 Å². The fourth-order valence-electron chi connectivity index (χ4n) is 1.94. The Hall–Kier alpha value is -2.70. The van der Waals surface area contributed by atoms with Crippen LogP contribution in [0.15, 0.2) is 51.8 Å². The molecule has 0 fully saturated rings. The maximum Gasteiger partial charge on any atom is 0.417 e. The molecule has 0 spiro atoms. The number of pyridine rings is 1. The third-order valence-corrected chi connectivity index (χ3v) is 2.87. The maximum atomic E-state index is 13.0. The first-order valence-electron chi connectivity index (χ1n) is 5.89. The summed E-state index contributed by atoms with van der Waals surface area (Å²) in [6, 6.07) is 7.73. The number of aromatic nitrogens is 2. The van der Waals surface area contributed by atoms with Gasteiger partial charge in [-0.05, 0) is 24.3 Å². The number of hydrogen-bond acceptors (Lipinski definition) is 4. The van der Waals surface area contributed by atoms with Gasteiger partial charge in [-0.15, -0.1) is 0 Å². The third-order valence-electron chi connectivity index (χ3n) is 2.87. The van der Waals surface area contributed by atoms with E-state index in [1.165, 1.54) is 36.5 Å². The molecule has 0 aliphatic rings. The number of benzene rings is 1. The highest BCUT2D eigenvalue weighted by molar-refractivity contribution is 5.74. The zero-order chi connectivity index (χ0) is 15.0. The average Bonchev–Trinajstić information content (AvgIpc) is 2.46. The van der Waals surface area contributed by atoms with Crippen molar-refractivity contribution in [3.05, 3.63) is 58.6 Å². The molecule has 3 rings (SSSR count). The number of alkyl halides is 3. The molecule has 0 radical (unpaired) electrons. The van der Waals surface area contributed by atoms with Gasteiger partial charge in [0.15, 0.2) is 5.65 Å². The molecule has 1 aromatic carbocycles. The zero-order valence-electron chi connectivity index (χ0n) is 10.4. The molecule has 0 amide bonds. The second-order valence-corrected chi connectivity index (χ2v) is 4.22. The summed E-state index contributed by atoms with van der Waals surface area (Å²) >= 11 is 0. The second kappa shape index (κ2) is 4.69. The summed E-state index contributed by atoms with van der Waals surface area (Å²) in [7, 11) is 0. The van der Waals surface area contributed by atoms with Crippen molar-refractivity contribution in [2.24, 2.45) is 0 Å². The molecule has 0 bridgehead atoms. The van der Waals surface area contributed by atoms with Gasteiger partial charge in [0.25, 0.3) is 0 Å². The van der Waals surface area contributed by atoms with Crippen LogP contribution in [0.4, 0.5) is 13.2 Å². The Kier molecular flexibility index (Phi) is 2.97. The molecule has 0 aliphatic carbocycles. The number of fused-ring (bicyclic) bond motifs is 1. The minimum Gasteiger partial charge on any atom is -0.403 e. The van der Waals surface area contributed by atoms with Gasteiger partial charge in [0.2, 0.25) is 5.89 Å². The lowest BCUT2D eigenvalue weighted by Crippen LogP contribution is -2.09. The van der Waals surface area contributed by atoms with Gasteiger partial charge in [0.1, 0.15) is 5.39 Å². The predicted molar refractivity (Wildman–Crippen MR) is 68.5 cm³/mol. The van der Waals surface area contributed by atoms with E-state index in [4.69, 9.17) is 4.42 Å². The Bertz CT molecular complexity index is 872. The van der Waals surface area contributed by atoms with Gasteiger partial charge in [-0.2, -0.15) is 18.2 Å². The number of hydrogen-bond donors (Lipinski definition) is 0. The van der Waals surface area contributed by atoms with Crippen molar-refractivity contribution >= 4 is 11.0 Å². The van der Waals surface area contributed by atoms with Crippen molar-refractivity contribution in [3.63, 3.8) is 0 Å². The van der Waals surface area contributed by atoms with Crippen molar-refractivity contribution in [1.29, 1.82) is 0 Å². The van der Waals surface area contributed by atoms with Gasteiger partial charge in [0, 0.05) is 11.8 Å². The molecule has 0 saturated heterocycles. The van der Waals surface area contributed by atoms with Crippen molar-refractivity contribution in [1.82, 2.24) is 9.97 Å². The third kappa shape index (κ3) is 2.37. The van der Waals surface area contributed by atoms with E-state index in [0.29, 0.717) is 0 Å². The Morgan fingerprint density at radius 2 is 1.81 bits per heavy atom. The molecule has 0 saturated carbocycles. The van der Waals surface area contributed by atoms with E-state index in [2.05, 4.69) is 9.97 Å². The molecular formula is C14H7F3N2O2. The highest BCUT2D eigenvalue weighted by Gasteiger charge is 2.34. The van der Waals surface area contributed by atoms with Crippen LogP contribution in [0, 0.1) is 0 Å². The molecule has 0 aliphatic heterocycles. The van der Waals surface area contributed by atoms with Crippen LogP contribution in [0.25, 0.3) is 22.5 Å². The average molecular weight is 292 g/mol.